The van der Waals surface area contributed by atoms with Gasteiger partial charge in [-0.25, -0.2) is 10.3 Å². The van der Waals surface area contributed by atoms with Crippen LogP contribution in [0.15, 0.2) is 11.6 Å². The number of carbonyl (C=O) groups is 1. The fourth-order valence-corrected chi connectivity index (χ4v) is 0.353. The summed E-state index contributed by atoms with van der Waals surface area (Å²) >= 11 is 1.39. The van der Waals surface area contributed by atoms with Gasteiger partial charge in [0.1, 0.15) is 0 Å². The van der Waals surface area contributed by atoms with E-state index in [9.17, 15) is 4.79 Å². The molecule has 0 spiro atoms. The second kappa shape index (κ2) is 5.17. The van der Waals surface area contributed by atoms with Crippen LogP contribution in [-0.2, 0) is 9.63 Å². The second-order valence-corrected chi connectivity index (χ2v) is 2.46. The van der Waals surface area contributed by atoms with Crippen LogP contribution in [0.4, 0.5) is 0 Å². The first-order chi connectivity index (χ1) is 4.70. The minimum atomic E-state index is -0.282. The fourth-order valence-electron chi connectivity index (χ4n) is 0.228. The van der Waals surface area contributed by atoms with E-state index in [-0.39, 0.29) is 5.97 Å². The first kappa shape index (κ1) is 9.36. The van der Waals surface area contributed by atoms with Crippen LogP contribution in [0.5, 0.6) is 0 Å². The Balaban J connectivity index is 3.35. The van der Waals surface area contributed by atoms with E-state index in [0.717, 1.165) is 0 Å². The summed E-state index contributed by atoms with van der Waals surface area (Å²) in [6.07, 6.45) is 2.21. The number of rotatable bonds is 4. The van der Waals surface area contributed by atoms with Gasteiger partial charge in [-0.2, -0.15) is 0 Å². The summed E-state index contributed by atoms with van der Waals surface area (Å²) in [5.41, 5.74) is 2.40. The summed E-state index contributed by atoms with van der Waals surface area (Å²) in [7, 11) is 0. The summed E-state index contributed by atoms with van der Waals surface area (Å²) in [6.45, 7) is 5.28. The molecule has 0 aromatic rings. The van der Waals surface area contributed by atoms with Gasteiger partial charge in [-0.05, 0) is 6.26 Å². The molecule has 0 rings (SSSR count). The molecule has 0 saturated carbocycles. The molecule has 0 fully saturated rings. The van der Waals surface area contributed by atoms with Crippen molar-refractivity contribution in [3.05, 3.63) is 11.6 Å². The molecule has 0 aliphatic carbocycles. The normalized spacial score (nSPS) is 8.60. The molecule has 0 saturated heterocycles. The molecule has 10 heavy (non-hydrogen) atoms. The van der Waals surface area contributed by atoms with Crippen LogP contribution in [0.2, 0.25) is 0 Å². The monoisotopic (exact) mass is 161 g/mol. The van der Waals surface area contributed by atoms with E-state index in [2.05, 4.69) is 16.9 Å². The van der Waals surface area contributed by atoms with Gasteiger partial charge in [-0.1, -0.05) is 13.5 Å². The molecule has 1 N–H and O–H groups in total. The van der Waals surface area contributed by atoms with Crippen molar-refractivity contribution >= 4 is 17.7 Å². The van der Waals surface area contributed by atoms with Crippen LogP contribution < -0.4 is 5.48 Å². The molecule has 3 nitrogen and oxygen atoms in total. The standard InChI is InChI=1S/C6H11NO2S/c1-4-6(8)9-7-5(2)10-3/h7H,2,4H2,1,3H3. The average Bonchev–Trinajstić information content (AvgIpc) is 1.99. The third-order valence-corrected chi connectivity index (χ3v) is 1.39. The number of hydrogen-bond donors (Lipinski definition) is 1. The molecule has 0 bridgehead atoms. The molecular formula is C6H11NO2S. The van der Waals surface area contributed by atoms with Gasteiger partial charge in [0.15, 0.2) is 0 Å². The van der Waals surface area contributed by atoms with Gasteiger partial charge in [0.25, 0.3) is 0 Å². The van der Waals surface area contributed by atoms with Crippen molar-refractivity contribution < 1.29 is 9.63 Å². The van der Waals surface area contributed by atoms with Crippen LogP contribution in [-0.4, -0.2) is 12.2 Å². The number of thioether (sulfide) groups is 1. The molecule has 0 heterocycles. The van der Waals surface area contributed by atoms with Crippen molar-refractivity contribution in [1.82, 2.24) is 5.48 Å². The SMILES string of the molecule is C=C(NOC(=O)CC)SC. The number of nitrogens with one attached hydrogen (secondary N) is 1. The maximum Gasteiger partial charge on any atom is 0.331 e. The van der Waals surface area contributed by atoms with Crippen LogP contribution in [0.3, 0.4) is 0 Å². The molecule has 0 aromatic carbocycles. The Morgan fingerprint density at radius 2 is 2.40 bits per heavy atom. The second-order valence-electron chi connectivity index (χ2n) is 1.56. The molecule has 0 amide bonds. The van der Waals surface area contributed by atoms with E-state index in [1.807, 2.05) is 6.26 Å². The van der Waals surface area contributed by atoms with E-state index in [1.165, 1.54) is 11.8 Å². The molecule has 0 atom stereocenters. The maximum absolute atomic E-state index is 10.5. The zero-order valence-electron chi connectivity index (χ0n) is 6.14. The van der Waals surface area contributed by atoms with Gasteiger partial charge < -0.3 is 4.84 Å². The lowest BCUT2D eigenvalue weighted by atomic mass is 10.5. The van der Waals surface area contributed by atoms with E-state index in [1.54, 1.807) is 6.92 Å². The molecule has 0 radical (unpaired) electrons. The largest absolute Gasteiger partial charge is 0.343 e. The van der Waals surface area contributed by atoms with Gasteiger partial charge in [-0.15, -0.1) is 11.8 Å². The maximum atomic E-state index is 10.5. The fraction of sp³-hybridized carbons (Fsp3) is 0.500. The first-order valence-corrected chi connectivity index (χ1v) is 4.11. The van der Waals surface area contributed by atoms with Crippen molar-refractivity contribution in [2.75, 3.05) is 6.26 Å². The molecule has 58 valence electrons. The third kappa shape index (κ3) is 4.26. The van der Waals surface area contributed by atoms with Gasteiger partial charge in [-0.3, -0.25) is 0 Å². The highest BCUT2D eigenvalue weighted by Crippen LogP contribution is 2.02. The highest BCUT2D eigenvalue weighted by Gasteiger charge is 1.97. The van der Waals surface area contributed by atoms with E-state index < -0.39 is 0 Å². The smallest absolute Gasteiger partial charge is 0.331 e. The zero-order chi connectivity index (χ0) is 7.98. The van der Waals surface area contributed by atoms with E-state index in [4.69, 9.17) is 0 Å². The highest BCUT2D eigenvalue weighted by atomic mass is 32.2. The van der Waals surface area contributed by atoms with Crippen molar-refractivity contribution in [1.29, 1.82) is 0 Å². The predicted molar refractivity (Wildman–Crippen MR) is 42.2 cm³/mol. The van der Waals surface area contributed by atoms with Crippen LogP contribution in [0.25, 0.3) is 0 Å². The minimum Gasteiger partial charge on any atom is -0.343 e. The zero-order valence-corrected chi connectivity index (χ0v) is 6.96. The molecule has 0 unspecified atom stereocenters. The Kier molecular flexibility index (Phi) is 4.84. The lowest BCUT2D eigenvalue weighted by Gasteiger charge is -2.04. The van der Waals surface area contributed by atoms with Crippen molar-refractivity contribution in [3.63, 3.8) is 0 Å². The van der Waals surface area contributed by atoms with Crippen molar-refractivity contribution in [2.45, 2.75) is 13.3 Å². The van der Waals surface area contributed by atoms with Crippen molar-refractivity contribution in [3.8, 4) is 0 Å². The Hall–Kier alpha value is -0.640. The quantitative estimate of drug-likeness (QED) is 0.630. The molecule has 4 heteroatoms. The molecular weight excluding hydrogens is 150 g/mol. The van der Waals surface area contributed by atoms with Crippen molar-refractivity contribution in [2.24, 2.45) is 0 Å². The number of hydroxylamine groups is 1. The highest BCUT2D eigenvalue weighted by molar-refractivity contribution is 8.02. The molecule has 0 aliphatic heterocycles. The lowest BCUT2D eigenvalue weighted by Crippen LogP contribution is -2.16. The van der Waals surface area contributed by atoms with Gasteiger partial charge in [0, 0.05) is 6.42 Å². The summed E-state index contributed by atoms with van der Waals surface area (Å²) in [4.78, 5) is 15.0. The summed E-state index contributed by atoms with van der Waals surface area (Å²) in [5, 5.41) is 0.627. The first-order valence-electron chi connectivity index (χ1n) is 2.89. The summed E-state index contributed by atoms with van der Waals surface area (Å²) in [5.74, 6) is -0.282. The Labute approximate surface area is 64.8 Å². The summed E-state index contributed by atoms with van der Waals surface area (Å²) < 4.78 is 0. The van der Waals surface area contributed by atoms with Gasteiger partial charge in [0.2, 0.25) is 0 Å². The Morgan fingerprint density at radius 3 is 2.80 bits per heavy atom. The molecule has 0 aromatic heterocycles. The topological polar surface area (TPSA) is 38.3 Å². The third-order valence-electron chi connectivity index (χ3n) is 0.814. The summed E-state index contributed by atoms with van der Waals surface area (Å²) in [6, 6.07) is 0. The van der Waals surface area contributed by atoms with Crippen LogP contribution in [0, 0.1) is 0 Å². The predicted octanol–water partition coefficient (Wildman–Crippen LogP) is 1.28. The number of hydrogen-bond acceptors (Lipinski definition) is 4. The van der Waals surface area contributed by atoms with Gasteiger partial charge >= 0.3 is 5.97 Å². The minimum absolute atomic E-state index is 0.282. The number of carbonyl (C=O) groups excluding carboxylic acids is 1. The Morgan fingerprint density at radius 1 is 1.80 bits per heavy atom. The average molecular weight is 161 g/mol. The Bertz CT molecular complexity index is 120. The molecule has 0 aliphatic rings. The van der Waals surface area contributed by atoms with E-state index >= 15 is 0 Å². The lowest BCUT2D eigenvalue weighted by molar-refractivity contribution is -0.148. The van der Waals surface area contributed by atoms with Crippen LogP contribution in [0.1, 0.15) is 13.3 Å². The van der Waals surface area contributed by atoms with Crippen LogP contribution >= 0.6 is 11.8 Å². The van der Waals surface area contributed by atoms with Gasteiger partial charge in [0.05, 0.1) is 5.03 Å². The van der Waals surface area contributed by atoms with E-state index in [0.29, 0.717) is 11.4 Å².